The van der Waals surface area contributed by atoms with Gasteiger partial charge in [-0.15, -0.1) is 0 Å². The zero-order valence-corrected chi connectivity index (χ0v) is 16.9. The Hall–Kier alpha value is -1.71. The van der Waals surface area contributed by atoms with Crippen LogP contribution in [0.4, 0.5) is 0 Å². The number of rotatable bonds is 5. The van der Waals surface area contributed by atoms with E-state index in [9.17, 15) is 8.42 Å². The van der Waals surface area contributed by atoms with Crippen LogP contribution in [0.1, 0.15) is 37.1 Å². The van der Waals surface area contributed by atoms with Gasteiger partial charge in [-0.1, -0.05) is 13.8 Å². The molecule has 1 N–H and O–H groups in total. The molecule has 0 spiro atoms. The maximum Gasteiger partial charge on any atom is 0.246 e. The fraction of sp³-hybridized carbons (Fsp3) is 0.647. The minimum absolute atomic E-state index is 0.0835. The largest absolute Gasteiger partial charge is 0.347 e. The Morgan fingerprint density at radius 1 is 1.31 bits per heavy atom. The highest BCUT2D eigenvalue weighted by Gasteiger charge is 2.37. The maximum atomic E-state index is 13.4. The number of sulfonamides is 1. The molecule has 0 radical (unpaired) electrons. The van der Waals surface area contributed by atoms with Crippen LogP contribution in [0, 0.1) is 19.8 Å². The molecular formula is C17H28N6O2S. The van der Waals surface area contributed by atoms with Gasteiger partial charge in [0.05, 0.1) is 17.4 Å². The highest BCUT2D eigenvalue weighted by atomic mass is 32.2. The Morgan fingerprint density at radius 2 is 2.04 bits per heavy atom. The van der Waals surface area contributed by atoms with Gasteiger partial charge in [0, 0.05) is 38.6 Å². The zero-order chi connectivity index (χ0) is 19.1. The smallest absolute Gasteiger partial charge is 0.246 e. The number of nitrogens with zero attached hydrogens (tertiary/aromatic N) is 5. The normalized spacial score (nSPS) is 20.2. The van der Waals surface area contributed by atoms with E-state index in [1.54, 1.807) is 23.6 Å². The number of H-pyrrole nitrogens is 1. The van der Waals surface area contributed by atoms with E-state index in [2.05, 4.69) is 33.8 Å². The fourth-order valence-electron chi connectivity index (χ4n) is 3.53. The van der Waals surface area contributed by atoms with Gasteiger partial charge < -0.3 is 4.98 Å². The van der Waals surface area contributed by atoms with Gasteiger partial charge in [-0.25, -0.2) is 13.4 Å². The average Bonchev–Trinajstić information content (AvgIpc) is 3.16. The number of imidazole rings is 1. The van der Waals surface area contributed by atoms with Gasteiger partial charge >= 0.3 is 0 Å². The van der Waals surface area contributed by atoms with Crippen molar-refractivity contribution in [2.75, 3.05) is 26.7 Å². The molecule has 2 aromatic rings. The standard InChI is InChI=1S/C17H28N6O2S/c1-12(2)10-23-14(4)16(13(3)20-23)26(24,25)22-9-8-21(5)15(11-22)17-18-6-7-19-17/h6-7,12,15H,8-11H2,1-5H3,(H,18,19)/t15-/m0/s1. The van der Waals surface area contributed by atoms with E-state index in [1.807, 2.05) is 18.7 Å². The molecule has 0 aromatic carbocycles. The number of piperazine rings is 1. The second kappa shape index (κ2) is 7.13. The number of aromatic amines is 1. The first kappa shape index (κ1) is 19.1. The topological polar surface area (TPSA) is 87.1 Å². The molecule has 1 atom stereocenters. The summed E-state index contributed by atoms with van der Waals surface area (Å²) in [6.07, 6.45) is 3.46. The van der Waals surface area contributed by atoms with Gasteiger partial charge in [0.2, 0.25) is 10.0 Å². The van der Waals surface area contributed by atoms with E-state index in [4.69, 9.17) is 0 Å². The summed E-state index contributed by atoms with van der Waals surface area (Å²) < 4.78 is 30.1. The number of hydrogen-bond acceptors (Lipinski definition) is 5. The molecule has 0 amide bonds. The van der Waals surface area contributed by atoms with Gasteiger partial charge in [0.1, 0.15) is 10.7 Å². The van der Waals surface area contributed by atoms with Crippen LogP contribution in [0.25, 0.3) is 0 Å². The Bertz CT molecular complexity index is 856. The van der Waals surface area contributed by atoms with E-state index in [0.717, 1.165) is 5.82 Å². The highest BCUT2D eigenvalue weighted by Crippen LogP contribution is 2.29. The fourth-order valence-corrected chi connectivity index (χ4v) is 5.34. The molecule has 0 bridgehead atoms. The molecule has 0 saturated carbocycles. The molecule has 0 unspecified atom stereocenters. The van der Waals surface area contributed by atoms with Crippen molar-refractivity contribution in [3.8, 4) is 0 Å². The summed E-state index contributed by atoms with van der Waals surface area (Å²) in [5.74, 6) is 1.19. The second-order valence-electron chi connectivity index (χ2n) is 7.41. The van der Waals surface area contributed by atoms with E-state index < -0.39 is 10.0 Å². The molecule has 1 aliphatic rings. The maximum absolute atomic E-state index is 13.4. The molecule has 1 aliphatic heterocycles. The van der Waals surface area contributed by atoms with Crippen LogP contribution in [-0.4, -0.2) is 64.1 Å². The second-order valence-corrected chi connectivity index (χ2v) is 9.28. The Kier molecular flexibility index (Phi) is 5.23. The molecule has 9 heteroatoms. The van der Waals surface area contributed by atoms with Crippen LogP contribution in [0.5, 0.6) is 0 Å². The third kappa shape index (κ3) is 3.43. The summed E-state index contributed by atoms with van der Waals surface area (Å²) in [6.45, 7) is 10.0. The van der Waals surface area contributed by atoms with Crippen molar-refractivity contribution in [3.05, 3.63) is 29.6 Å². The van der Waals surface area contributed by atoms with Crippen LogP contribution >= 0.6 is 0 Å². The predicted molar refractivity (Wildman–Crippen MR) is 99.3 cm³/mol. The number of hydrogen-bond donors (Lipinski definition) is 1. The summed E-state index contributed by atoms with van der Waals surface area (Å²) in [6, 6.07) is -0.0835. The summed E-state index contributed by atoms with van der Waals surface area (Å²) in [4.78, 5) is 9.90. The first-order chi connectivity index (χ1) is 12.2. The van der Waals surface area contributed by atoms with Crippen molar-refractivity contribution in [2.45, 2.75) is 45.2 Å². The molecule has 26 heavy (non-hydrogen) atoms. The van der Waals surface area contributed by atoms with Gasteiger partial charge in [-0.3, -0.25) is 9.58 Å². The zero-order valence-electron chi connectivity index (χ0n) is 16.1. The molecule has 8 nitrogen and oxygen atoms in total. The monoisotopic (exact) mass is 380 g/mol. The van der Waals surface area contributed by atoms with Crippen LogP contribution < -0.4 is 0 Å². The number of nitrogens with one attached hydrogen (secondary N) is 1. The number of aromatic nitrogens is 4. The van der Waals surface area contributed by atoms with Crippen molar-refractivity contribution in [1.29, 1.82) is 0 Å². The third-order valence-corrected chi connectivity index (χ3v) is 7.02. The van der Waals surface area contributed by atoms with E-state index in [0.29, 0.717) is 48.4 Å². The van der Waals surface area contributed by atoms with Crippen molar-refractivity contribution >= 4 is 10.0 Å². The molecule has 1 saturated heterocycles. The molecule has 3 heterocycles. The minimum Gasteiger partial charge on any atom is -0.347 e. The summed E-state index contributed by atoms with van der Waals surface area (Å²) >= 11 is 0. The lowest BCUT2D eigenvalue weighted by Gasteiger charge is -2.37. The molecule has 0 aliphatic carbocycles. The first-order valence-electron chi connectivity index (χ1n) is 8.95. The van der Waals surface area contributed by atoms with Crippen molar-refractivity contribution in [2.24, 2.45) is 5.92 Å². The Balaban J connectivity index is 1.92. The summed E-state index contributed by atoms with van der Waals surface area (Å²) in [7, 11) is -1.61. The van der Waals surface area contributed by atoms with E-state index in [-0.39, 0.29) is 6.04 Å². The van der Waals surface area contributed by atoms with E-state index >= 15 is 0 Å². The predicted octanol–water partition coefficient (Wildman–Crippen LogP) is 1.56. The van der Waals surface area contributed by atoms with Gasteiger partial charge in [-0.05, 0) is 26.8 Å². The molecule has 144 valence electrons. The Labute approximate surface area is 155 Å². The highest BCUT2D eigenvalue weighted by molar-refractivity contribution is 7.89. The van der Waals surface area contributed by atoms with Crippen LogP contribution in [0.15, 0.2) is 17.3 Å². The van der Waals surface area contributed by atoms with Crippen LogP contribution in [0.2, 0.25) is 0 Å². The molecule has 2 aromatic heterocycles. The lowest BCUT2D eigenvalue weighted by atomic mass is 10.2. The van der Waals surface area contributed by atoms with Crippen LogP contribution in [0.3, 0.4) is 0 Å². The molecule has 3 rings (SSSR count). The lowest BCUT2D eigenvalue weighted by Crippen LogP contribution is -2.49. The van der Waals surface area contributed by atoms with Gasteiger partial charge in [0.15, 0.2) is 0 Å². The van der Waals surface area contributed by atoms with Crippen molar-refractivity contribution < 1.29 is 8.42 Å². The quantitative estimate of drug-likeness (QED) is 0.850. The average molecular weight is 381 g/mol. The third-order valence-electron chi connectivity index (χ3n) is 4.90. The summed E-state index contributed by atoms with van der Waals surface area (Å²) in [5, 5.41) is 4.48. The molecule has 1 fully saturated rings. The van der Waals surface area contributed by atoms with Crippen LogP contribution in [-0.2, 0) is 16.6 Å². The van der Waals surface area contributed by atoms with E-state index in [1.165, 1.54) is 0 Å². The first-order valence-corrected chi connectivity index (χ1v) is 10.4. The van der Waals surface area contributed by atoms with Gasteiger partial charge in [0.25, 0.3) is 0 Å². The molecular weight excluding hydrogens is 352 g/mol. The number of aryl methyl sites for hydroxylation is 1. The minimum atomic E-state index is -3.60. The SMILES string of the molecule is Cc1nn(CC(C)C)c(C)c1S(=O)(=O)N1CCN(C)[C@H](c2ncc[nH]2)C1. The lowest BCUT2D eigenvalue weighted by molar-refractivity contribution is 0.142. The van der Waals surface area contributed by atoms with Crippen molar-refractivity contribution in [3.63, 3.8) is 0 Å². The van der Waals surface area contributed by atoms with Gasteiger partial charge in [-0.2, -0.15) is 9.40 Å². The van der Waals surface area contributed by atoms with Crippen molar-refractivity contribution in [1.82, 2.24) is 29.0 Å². The summed E-state index contributed by atoms with van der Waals surface area (Å²) in [5.41, 5.74) is 1.28. The Morgan fingerprint density at radius 3 is 2.65 bits per heavy atom. The number of likely N-dealkylation sites (N-methyl/N-ethyl adjacent to an activating group) is 1.